The number of rotatable bonds is 8. The summed E-state index contributed by atoms with van der Waals surface area (Å²) < 4.78 is 25.5. The maximum atomic E-state index is 14.0. The molecule has 206 valence electrons. The number of ether oxygens (including phenoxy) is 3. The molecule has 9 nitrogen and oxygen atoms in total. The number of halogens is 1. The second kappa shape index (κ2) is 11.9. The van der Waals surface area contributed by atoms with Gasteiger partial charge in [0, 0.05) is 35.3 Å². The number of esters is 1. The third-order valence-electron chi connectivity index (χ3n) is 6.59. The number of carbonyl (C=O) groups excluding carboxylic acids is 1. The highest BCUT2D eigenvalue weighted by Gasteiger charge is 2.36. The van der Waals surface area contributed by atoms with Gasteiger partial charge in [0.1, 0.15) is 17.6 Å². The van der Waals surface area contributed by atoms with E-state index in [-0.39, 0.29) is 12.2 Å². The number of morpholine rings is 1. The van der Waals surface area contributed by atoms with Crippen molar-refractivity contribution in [3.8, 4) is 5.75 Å². The summed E-state index contributed by atoms with van der Waals surface area (Å²) in [5, 5.41) is 0. The SMILES string of the molecule is CCCC1=C(C(=O)OCC)[C@H](c2cc(Br)ccc2OC)n2c(s/c(=C/c3ccc(N4CCOCC4)o3)c2=O)=N1. The van der Waals surface area contributed by atoms with Crippen molar-refractivity contribution in [3.63, 3.8) is 0 Å². The van der Waals surface area contributed by atoms with Crippen LogP contribution in [0.5, 0.6) is 5.75 Å². The fraction of sp³-hybridized carbons (Fsp3) is 0.393. The highest BCUT2D eigenvalue weighted by atomic mass is 79.9. The zero-order valence-corrected chi connectivity index (χ0v) is 24.5. The van der Waals surface area contributed by atoms with Gasteiger partial charge in [-0.3, -0.25) is 9.36 Å². The van der Waals surface area contributed by atoms with Crippen LogP contribution in [0.1, 0.15) is 44.1 Å². The molecule has 39 heavy (non-hydrogen) atoms. The molecule has 0 amide bonds. The van der Waals surface area contributed by atoms with Gasteiger partial charge >= 0.3 is 5.97 Å². The van der Waals surface area contributed by atoms with Crippen molar-refractivity contribution < 1.29 is 23.4 Å². The van der Waals surface area contributed by atoms with Crippen molar-refractivity contribution in [2.24, 2.45) is 4.99 Å². The lowest BCUT2D eigenvalue weighted by Crippen LogP contribution is -2.40. The van der Waals surface area contributed by atoms with Crippen LogP contribution in [-0.2, 0) is 14.3 Å². The van der Waals surface area contributed by atoms with Crippen LogP contribution in [0, 0.1) is 0 Å². The maximum absolute atomic E-state index is 14.0. The molecule has 2 aromatic heterocycles. The molecule has 4 heterocycles. The van der Waals surface area contributed by atoms with Crippen LogP contribution in [0.15, 0.2) is 60.3 Å². The summed E-state index contributed by atoms with van der Waals surface area (Å²) >= 11 is 4.81. The van der Waals surface area contributed by atoms with Crippen LogP contribution >= 0.6 is 27.3 Å². The van der Waals surface area contributed by atoms with E-state index in [1.165, 1.54) is 11.3 Å². The van der Waals surface area contributed by atoms with Crippen molar-refractivity contribution in [1.82, 2.24) is 4.57 Å². The molecule has 0 bridgehead atoms. The minimum atomic E-state index is -0.767. The first kappa shape index (κ1) is 27.4. The van der Waals surface area contributed by atoms with Crippen LogP contribution in [0.4, 0.5) is 5.88 Å². The normalized spacial score (nSPS) is 17.7. The van der Waals surface area contributed by atoms with Gasteiger partial charge in [0.2, 0.25) is 0 Å². The first-order valence-corrected chi connectivity index (χ1v) is 14.5. The molecule has 1 saturated heterocycles. The summed E-state index contributed by atoms with van der Waals surface area (Å²) in [6, 6.07) is 8.53. The van der Waals surface area contributed by atoms with Crippen LogP contribution in [0.25, 0.3) is 6.08 Å². The number of methoxy groups -OCH3 is 1. The lowest BCUT2D eigenvalue weighted by atomic mass is 9.93. The fourth-order valence-electron chi connectivity index (χ4n) is 4.84. The Labute approximate surface area is 238 Å². The topological polar surface area (TPSA) is 95.5 Å². The Bertz CT molecular complexity index is 1580. The van der Waals surface area contributed by atoms with E-state index < -0.39 is 12.0 Å². The predicted octanol–water partition coefficient (Wildman–Crippen LogP) is 3.78. The second-order valence-corrected chi connectivity index (χ2v) is 11.0. The van der Waals surface area contributed by atoms with Gasteiger partial charge in [0.05, 0.1) is 42.7 Å². The minimum absolute atomic E-state index is 0.207. The van der Waals surface area contributed by atoms with Crippen LogP contribution < -0.4 is 24.5 Å². The Balaban J connectivity index is 1.69. The summed E-state index contributed by atoms with van der Waals surface area (Å²) in [6.45, 7) is 6.79. The molecule has 1 atom stereocenters. The third-order valence-corrected chi connectivity index (χ3v) is 8.06. The summed E-state index contributed by atoms with van der Waals surface area (Å²) in [5.74, 6) is 1.37. The summed E-state index contributed by atoms with van der Waals surface area (Å²) in [5.41, 5.74) is 1.36. The molecule has 0 N–H and O–H groups in total. The molecule has 3 aromatic rings. The zero-order valence-electron chi connectivity index (χ0n) is 22.1. The van der Waals surface area contributed by atoms with Crippen molar-refractivity contribution in [3.05, 3.63) is 77.1 Å². The maximum Gasteiger partial charge on any atom is 0.338 e. The lowest BCUT2D eigenvalue weighted by Gasteiger charge is -2.27. The van der Waals surface area contributed by atoms with Crippen LogP contribution in [0.3, 0.4) is 0 Å². The van der Waals surface area contributed by atoms with Crippen molar-refractivity contribution in [1.29, 1.82) is 0 Å². The van der Waals surface area contributed by atoms with Gasteiger partial charge < -0.3 is 23.5 Å². The van der Waals surface area contributed by atoms with Crippen LogP contribution in [-0.4, -0.2) is 50.6 Å². The number of allylic oxidation sites excluding steroid dienone is 1. The largest absolute Gasteiger partial charge is 0.496 e. The Hall–Kier alpha value is -3.15. The van der Waals surface area contributed by atoms with E-state index >= 15 is 0 Å². The molecule has 0 radical (unpaired) electrons. The number of fused-ring (bicyclic) bond motifs is 1. The highest BCUT2D eigenvalue weighted by molar-refractivity contribution is 9.10. The van der Waals surface area contributed by atoms with Gasteiger partial charge in [-0.05, 0) is 37.6 Å². The van der Waals surface area contributed by atoms with E-state index in [0.717, 1.165) is 29.9 Å². The Kier molecular flexibility index (Phi) is 8.39. The molecule has 2 aliphatic rings. The minimum Gasteiger partial charge on any atom is -0.496 e. The quantitative estimate of drug-likeness (QED) is 0.356. The summed E-state index contributed by atoms with van der Waals surface area (Å²) in [4.78, 5) is 34.8. The first-order chi connectivity index (χ1) is 18.9. The van der Waals surface area contributed by atoms with Gasteiger partial charge in [0.25, 0.3) is 5.56 Å². The standard InChI is InChI=1S/C28H30BrN3O6S/c1-4-6-20-24(27(34)37-5-2)25(19-15-17(29)7-9-21(19)35-3)32-26(33)22(39-28(32)30-20)16-18-8-10-23(38-18)31-11-13-36-14-12-31/h7-10,15-16,25H,4-6,11-14H2,1-3H3/b22-16+/t25-/m0/s1. The highest BCUT2D eigenvalue weighted by Crippen LogP contribution is 2.38. The molecule has 0 saturated carbocycles. The van der Waals surface area contributed by atoms with Gasteiger partial charge in [-0.15, -0.1) is 0 Å². The van der Waals surface area contributed by atoms with E-state index in [0.29, 0.717) is 57.3 Å². The first-order valence-electron chi connectivity index (χ1n) is 12.9. The number of furan rings is 1. The van der Waals surface area contributed by atoms with Gasteiger partial charge in [-0.25, -0.2) is 9.79 Å². The Morgan fingerprint density at radius 3 is 2.74 bits per heavy atom. The predicted molar refractivity (Wildman–Crippen MR) is 152 cm³/mol. The number of benzene rings is 1. The monoisotopic (exact) mass is 615 g/mol. The number of aromatic nitrogens is 1. The second-order valence-electron chi connectivity index (χ2n) is 9.08. The molecule has 1 fully saturated rings. The van der Waals surface area contributed by atoms with E-state index in [9.17, 15) is 9.59 Å². The molecule has 5 rings (SSSR count). The molecule has 2 aliphatic heterocycles. The number of carbonyl (C=O) groups is 1. The van der Waals surface area contributed by atoms with E-state index in [1.54, 1.807) is 24.7 Å². The lowest BCUT2D eigenvalue weighted by molar-refractivity contribution is -0.139. The van der Waals surface area contributed by atoms with E-state index in [4.69, 9.17) is 23.6 Å². The number of hydrogen-bond donors (Lipinski definition) is 0. The smallest absolute Gasteiger partial charge is 0.338 e. The van der Waals surface area contributed by atoms with Gasteiger partial charge in [-0.1, -0.05) is 40.6 Å². The molecule has 0 spiro atoms. The van der Waals surface area contributed by atoms with Gasteiger partial charge in [0.15, 0.2) is 10.7 Å². The Morgan fingerprint density at radius 2 is 2.03 bits per heavy atom. The molecular formula is C28H30BrN3O6S. The van der Waals surface area contributed by atoms with Crippen LogP contribution in [0.2, 0.25) is 0 Å². The average molecular weight is 617 g/mol. The van der Waals surface area contributed by atoms with Crippen molar-refractivity contribution >= 4 is 45.2 Å². The number of nitrogens with zero attached hydrogens (tertiary/aromatic N) is 3. The van der Waals surface area contributed by atoms with Crippen molar-refractivity contribution in [2.75, 3.05) is 44.9 Å². The number of hydrogen-bond acceptors (Lipinski definition) is 9. The molecule has 0 aliphatic carbocycles. The number of thiazole rings is 1. The van der Waals surface area contributed by atoms with Gasteiger partial charge in [-0.2, -0.15) is 0 Å². The van der Waals surface area contributed by atoms with Crippen molar-refractivity contribution in [2.45, 2.75) is 32.7 Å². The third kappa shape index (κ3) is 5.48. The summed E-state index contributed by atoms with van der Waals surface area (Å²) in [6.07, 6.45) is 3.07. The van der Waals surface area contributed by atoms with E-state index in [2.05, 4.69) is 20.8 Å². The van der Waals surface area contributed by atoms with E-state index in [1.807, 2.05) is 37.3 Å². The molecular weight excluding hydrogens is 586 g/mol. The summed E-state index contributed by atoms with van der Waals surface area (Å²) in [7, 11) is 1.57. The molecule has 0 unspecified atom stereocenters. The molecule has 1 aromatic carbocycles. The zero-order chi connectivity index (χ0) is 27.5. The average Bonchev–Trinajstić information content (AvgIpc) is 3.53. The Morgan fingerprint density at radius 1 is 1.23 bits per heavy atom. The molecule has 11 heteroatoms. The number of anilines is 1. The fourth-order valence-corrected chi connectivity index (χ4v) is 6.22.